The molecule has 2 amide bonds. The lowest BCUT2D eigenvalue weighted by Gasteiger charge is -2.38. The smallest absolute Gasteiger partial charge is 0.223 e. The summed E-state index contributed by atoms with van der Waals surface area (Å²) in [5, 5.41) is 2.92. The highest BCUT2D eigenvalue weighted by Crippen LogP contribution is 2.29. The van der Waals surface area contributed by atoms with Crippen LogP contribution in [0.1, 0.15) is 49.8 Å². The maximum Gasteiger partial charge on any atom is 0.223 e. The molecule has 0 radical (unpaired) electrons. The predicted molar refractivity (Wildman–Crippen MR) is 96.0 cm³/mol. The number of amides is 2. The third-order valence-corrected chi connectivity index (χ3v) is 5.10. The average Bonchev–Trinajstić information content (AvgIpc) is 3.44. The van der Waals surface area contributed by atoms with E-state index >= 15 is 0 Å². The number of rotatable bonds is 6. The van der Waals surface area contributed by atoms with E-state index < -0.39 is 0 Å². The summed E-state index contributed by atoms with van der Waals surface area (Å²) in [7, 11) is 0. The highest BCUT2D eigenvalue weighted by Gasteiger charge is 2.31. The minimum Gasteiger partial charge on any atom is -0.370 e. The summed E-state index contributed by atoms with van der Waals surface area (Å²) in [5.74, 6) is 0.520. The SMILES string of the molecule is Cc1ccccc1C1CN(C(=O)CCCNC(=O)C2CC2)C(C)CO1. The first kappa shape index (κ1) is 17.9. The number of hydrogen-bond donors (Lipinski definition) is 1. The molecule has 0 bridgehead atoms. The molecule has 1 aromatic rings. The molecule has 1 N–H and O–H groups in total. The zero-order valence-electron chi connectivity index (χ0n) is 15.2. The van der Waals surface area contributed by atoms with Crippen molar-refractivity contribution in [3.05, 3.63) is 35.4 Å². The van der Waals surface area contributed by atoms with E-state index in [0.29, 0.717) is 32.5 Å². The molecule has 0 aromatic heterocycles. The van der Waals surface area contributed by atoms with Crippen LogP contribution in [0.4, 0.5) is 0 Å². The van der Waals surface area contributed by atoms with Crippen LogP contribution in [-0.4, -0.2) is 42.5 Å². The fourth-order valence-corrected chi connectivity index (χ4v) is 3.33. The fraction of sp³-hybridized carbons (Fsp3) is 0.600. The Balaban J connectivity index is 1.50. The first-order chi connectivity index (χ1) is 12.1. The number of nitrogens with zero attached hydrogens (tertiary/aromatic N) is 1. The van der Waals surface area contributed by atoms with E-state index in [9.17, 15) is 9.59 Å². The standard InChI is InChI=1S/C20H28N2O3/c1-14-6-3-4-7-17(14)18-12-22(15(2)13-25-18)19(23)8-5-11-21-20(24)16-9-10-16/h3-4,6-7,15-16,18H,5,8-13H2,1-2H3,(H,21,24). The monoisotopic (exact) mass is 344 g/mol. The van der Waals surface area contributed by atoms with Crippen LogP contribution in [0.25, 0.3) is 0 Å². The van der Waals surface area contributed by atoms with Gasteiger partial charge in [0.15, 0.2) is 0 Å². The largest absolute Gasteiger partial charge is 0.370 e. The molecule has 3 rings (SSSR count). The Morgan fingerprint density at radius 3 is 2.76 bits per heavy atom. The van der Waals surface area contributed by atoms with Crippen LogP contribution in [0.3, 0.4) is 0 Å². The first-order valence-corrected chi connectivity index (χ1v) is 9.30. The van der Waals surface area contributed by atoms with E-state index in [1.807, 2.05) is 24.0 Å². The molecule has 5 nitrogen and oxygen atoms in total. The lowest BCUT2D eigenvalue weighted by molar-refractivity contribution is -0.144. The van der Waals surface area contributed by atoms with E-state index in [1.54, 1.807) is 0 Å². The second-order valence-corrected chi connectivity index (χ2v) is 7.24. The normalized spacial score (nSPS) is 23.4. The summed E-state index contributed by atoms with van der Waals surface area (Å²) in [5.41, 5.74) is 2.35. The minimum absolute atomic E-state index is 0.0593. The molecule has 1 saturated carbocycles. The van der Waals surface area contributed by atoms with E-state index in [0.717, 1.165) is 18.4 Å². The molecule has 1 aliphatic carbocycles. The Morgan fingerprint density at radius 1 is 1.28 bits per heavy atom. The molecule has 5 heteroatoms. The van der Waals surface area contributed by atoms with Crippen molar-refractivity contribution in [2.75, 3.05) is 19.7 Å². The summed E-state index contributed by atoms with van der Waals surface area (Å²) >= 11 is 0. The molecule has 2 unspecified atom stereocenters. The van der Waals surface area contributed by atoms with Gasteiger partial charge in [-0.1, -0.05) is 24.3 Å². The molecule has 1 saturated heterocycles. The third-order valence-electron chi connectivity index (χ3n) is 5.10. The van der Waals surface area contributed by atoms with E-state index in [2.05, 4.69) is 24.4 Å². The molecule has 1 aromatic carbocycles. The van der Waals surface area contributed by atoms with Crippen LogP contribution >= 0.6 is 0 Å². The predicted octanol–water partition coefficient (Wildman–Crippen LogP) is 2.59. The average molecular weight is 344 g/mol. The maximum absolute atomic E-state index is 12.6. The topological polar surface area (TPSA) is 58.6 Å². The molecular formula is C20H28N2O3. The van der Waals surface area contributed by atoms with E-state index in [4.69, 9.17) is 4.74 Å². The molecule has 1 aliphatic heterocycles. The lowest BCUT2D eigenvalue weighted by atomic mass is 10.0. The van der Waals surface area contributed by atoms with Crippen LogP contribution < -0.4 is 5.32 Å². The van der Waals surface area contributed by atoms with Gasteiger partial charge in [0, 0.05) is 18.9 Å². The molecule has 2 fully saturated rings. The van der Waals surface area contributed by atoms with Crippen LogP contribution in [0.15, 0.2) is 24.3 Å². The van der Waals surface area contributed by atoms with E-state index in [-0.39, 0.29) is 29.9 Å². The Morgan fingerprint density at radius 2 is 2.04 bits per heavy atom. The van der Waals surface area contributed by atoms with Gasteiger partial charge in [0.1, 0.15) is 6.10 Å². The number of nitrogens with one attached hydrogen (secondary N) is 1. The highest BCUT2D eigenvalue weighted by molar-refractivity contribution is 5.81. The Hall–Kier alpha value is -1.88. The van der Waals surface area contributed by atoms with Crippen LogP contribution in [0.5, 0.6) is 0 Å². The minimum atomic E-state index is -0.0593. The molecule has 136 valence electrons. The van der Waals surface area contributed by atoms with Gasteiger partial charge in [-0.25, -0.2) is 0 Å². The molecular weight excluding hydrogens is 316 g/mol. The number of carbonyl (C=O) groups excluding carboxylic acids is 2. The second-order valence-electron chi connectivity index (χ2n) is 7.24. The molecule has 2 aliphatic rings. The second kappa shape index (κ2) is 8.00. The van der Waals surface area contributed by atoms with Gasteiger partial charge in [0.25, 0.3) is 0 Å². The zero-order valence-corrected chi connectivity index (χ0v) is 15.2. The van der Waals surface area contributed by atoms with Gasteiger partial charge >= 0.3 is 0 Å². The Kier molecular flexibility index (Phi) is 5.74. The van der Waals surface area contributed by atoms with Gasteiger partial charge in [-0.15, -0.1) is 0 Å². The van der Waals surface area contributed by atoms with Crippen molar-refractivity contribution in [2.45, 2.75) is 51.7 Å². The maximum atomic E-state index is 12.6. The van der Waals surface area contributed by atoms with Crippen molar-refractivity contribution < 1.29 is 14.3 Å². The summed E-state index contributed by atoms with van der Waals surface area (Å²) in [6.45, 7) is 5.84. The molecule has 2 atom stereocenters. The van der Waals surface area contributed by atoms with Gasteiger partial charge in [-0.2, -0.15) is 0 Å². The molecule has 0 spiro atoms. The summed E-state index contributed by atoms with van der Waals surface area (Å²) in [4.78, 5) is 26.2. The van der Waals surface area contributed by atoms with E-state index in [1.165, 1.54) is 5.56 Å². The number of aryl methyl sites for hydroxylation is 1. The zero-order chi connectivity index (χ0) is 17.8. The van der Waals surface area contributed by atoms with Crippen molar-refractivity contribution >= 4 is 11.8 Å². The van der Waals surface area contributed by atoms with Gasteiger partial charge < -0.3 is 15.0 Å². The summed E-state index contributed by atoms with van der Waals surface area (Å²) < 4.78 is 5.98. The molecule has 25 heavy (non-hydrogen) atoms. The number of hydrogen-bond acceptors (Lipinski definition) is 3. The number of ether oxygens (including phenoxy) is 1. The molecule has 1 heterocycles. The van der Waals surface area contributed by atoms with Gasteiger partial charge in [-0.05, 0) is 44.2 Å². The van der Waals surface area contributed by atoms with Gasteiger partial charge in [-0.3, -0.25) is 9.59 Å². The van der Waals surface area contributed by atoms with Crippen LogP contribution in [-0.2, 0) is 14.3 Å². The van der Waals surface area contributed by atoms with Crippen molar-refractivity contribution in [1.82, 2.24) is 10.2 Å². The van der Waals surface area contributed by atoms with Crippen molar-refractivity contribution in [1.29, 1.82) is 0 Å². The van der Waals surface area contributed by atoms with Crippen molar-refractivity contribution in [2.24, 2.45) is 5.92 Å². The van der Waals surface area contributed by atoms with Crippen LogP contribution in [0.2, 0.25) is 0 Å². The number of carbonyl (C=O) groups is 2. The number of benzene rings is 1. The quantitative estimate of drug-likeness (QED) is 0.807. The van der Waals surface area contributed by atoms with Crippen molar-refractivity contribution in [3.63, 3.8) is 0 Å². The Labute approximate surface area is 149 Å². The highest BCUT2D eigenvalue weighted by atomic mass is 16.5. The summed E-state index contributed by atoms with van der Waals surface area (Å²) in [6, 6.07) is 8.27. The first-order valence-electron chi connectivity index (χ1n) is 9.30. The van der Waals surface area contributed by atoms with Gasteiger partial charge in [0.2, 0.25) is 11.8 Å². The third kappa shape index (κ3) is 4.60. The van der Waals surface area contributed by atoms with Crippen LogP contribution in [0, 0.1) is 12.8 Å². The fourth-order valence-electron chi connectivity index (χ4n) is 3.33. The Bertz CT molecular complexity index is 627. The van der Waals surface area contributed by atoms with Crippen molar-refractivity contribution in [3.8, 4) is 0 Å². The van der Waals surface area contributed by atoms with Gasteiger partial charge in [0.05, 0.1) is 19.2 Å². The summed E-state index contributed by atoms with van der Waals surface area (Å²) in [6.07, 6.45) is 3.12. The lowest BCUT2D eigenvalue weighted by Crippen LogP contribution is -2.48. The number of morpholine rings is 1.